The van der Waals surface area contributed by atoms with Crippen LogP contribution >= 0.6 is 0 Å². The third-order valence-electron chi connectivity index (χ3n) is 9.63. The van der Waals surface area contributed by atoms with E-state index in [0.29, 0.717) is 54.6 Å². The average Bonchev–Trinajstić information content (AvgIpc) is 3.66. The van der Waals surface area contributed by atoms with Gasteiger partial charge in [-0.15, -0.1) is 0 Å². The van der Waals surface area contributed by atoms with Crippen LogP contribution in [0.5, 0.6) is 11.5 Å². The van der Waals surface area contributed by atoms with Gasteiger partial charge in [0.05, 0.1) is 31.0 Å². The molecule has 268 valence electrons. The Kier molecular flexibility index (Phi) is 10.4. The highest BCUT2D eigenvalue weighted by molar-refractivity contribution is 6.12. The topological polar surface area (TPSA) is 117 Å². The molecule has 6 rings (SSSR count). The van der Waals surface area contributed by atoms with Crippen molar-refractivity contribution in [2.75, 3.05) is 62.6 Å². The van der Waals surface area contributed by atoms with Crippen LogP contribution in [-0.2, 0) is 18.3 Å². The van der Waals surface area contributed by atoms with Gasteiger partial charge in [-0.1, -0.05) is 44.2 Å². The van der Waals surface area contributed by atoms with Crippen LogP contribution in [0.4, 0.5) is 17.1 Å². The lowest BCUT2D eigenvalue weighted by molar-refractivity contribution is -0.116. The number of fused-ring (bicyclic) bond motifs is 4. The normalized spacial score (nSPS) is 15.1. The molecule has 1 atom stereocenters. The summed E-state index contributed by atoms with van der Waals surface area (Å²) in [6.07, 6.45) is 3.51. The minimum Gasteiger partial charge on any atom is -0.493 e. The molecule has 11 heteroatoms. The predicted molar refractivity (Wildman–Crippen MR) is 201 cm³/mol. The van der Waals surface area contributed by atoms with Gasteiger partial charge in [0.15, 0.2) is 11.5 Å². The van der Waals surface area contributed by atoms with Crippen LogP contribution in [-0.4, -0.2) is 75.8 Å². The molecule has 0 saturated heterocycles. The number of hydrogen-bond acceptors (Lipinski definition) is 7. The van der Waals surface area contributed by atoms with Gasteiger partial charge < -0.3 is 39.8 Å². The maximum absolute atomic E-state index is 13.8. The number of benzene rings is 3. The van der Waals surface area contributed by atoms with Gasteiger partial charge in [0.2, 0.25) is 5.91 Å². The fraction of sp³-hybridized carbons (Fsp3) is 0.375. The molecule has 11 nitrogen and oxygen atoms in total. The molecule has 0 aliphatic carbocycles. The summed E-state index contributed by atoms with van der Waals surface area (Å²) in [6, 6.07) is 21.2. The molecule has 3 aromatic carbocycles. The summed E-state index contributed by atoms with van der Waals surface area (Å²) in [5, 5.41) is 9.17. The van der Waals surface area contributed by atoms with E-state index in [2.05, 4.69) is 40.8 Å². The Morgan fingerprint density at radius 2 is 1.71 bits per heavy atom. The van der Waals surface area contributed by atoms with E-state index in [9.17, 15) is 14.4 Å². The number of carbonyl (C=O) groups excluding carboxylic acids is 3. The Hall–Kier alpha value is -5.29. The number of amides is 3. The standard InChI is InChI=1S/C40H48N6O5/c1-40(2,24-41-3)25-42-38(48)34-19-28(22-44(34)4)26-13-15-29(16-14-26)43-37(47)12-9-17-51-36-21-33-31(20-35(36)50-6)39(49)46-30(23-45(33)5)18-27-10-7-8-11-32(27)46/h7-8,10-11,13-16,19-22,30,41H,9,12,17-18,23-25H2,1-6H3,(H,42,48)(H,43,47)/t30-/m0/s1. The monoisotopic (exact) mass is 692 g/mol. The second kappa shape index (κ2) is 14.9. The van der Waals surface area contributed by atoms with E-state index in [1.165, 1.54) is 5.56 Å². The van der Waals surface area contributed by atoms with Crippen LogP contribution < -0.4 is 35.2 Å². The molecule has 3 N–H and O–H groups in total. The van der Waals surface area contributed by atoms with E-state index in [1.807, 2.05) is 91.4 Å². The number of rotatable bonds is 13. The first-order valence-electron chi connectivity index (χ1n) is 17.4. The minimum atomic E-state index is -0.119. The van der Waals surface area contributed by atoms with Gasteiger partial charge in [0.25, 0.3) is 11.8 Å². The summed E-state index contributed by atoms with van der Waals surface area (Å²) in [6.45, 7) is 6.57. The minimum absolute atomic E-state index is 0.0461. The van der Waals surface area contributed by atoms with Gasteiger partial charge in [0.1, 0.15) is 5.69 Å². The predicted octanol–water partition coefficient (Wildman–Crippen LogP) is 5.50. The smallest absolute Gasteiger partial charge is 0.267 e. The van der Waals surface area contributed by atoms with E-state index < -0.39 is 0 Å². The number of anilines is 3. The molecule has 0 bridgehead atoms. The van der Waals surface area contributed by atoms with Crippen molar-refractivity contribution in [1.29, 1.82) is 0 Å². The summed E-state index contributed by atoms with van der Waals surface area (Å²) in [4.78, 5) is 43.5. The van der Waals surface area contributed by atoms with Gasteiger partial charge in [-0.3, -0.25) is 14.4 Å². The molecule has 0 spiro atoms. The molecular formula is C40H48N6O5. The molecule has 0 saturated carbocycles. The molecule has 0 radical (unpaired) electrons. The Bertz CT molecular complexity index is 1920. The number of ether oxygens (including phenoxy) is 2. The first-order chi connectivity index (χ1) is 24.5. The maximum Gasteiger partial charge on any atom is 0.267 e. The van der Waals surface area contributed by atoms with Crippen LogP contribution in [0.2, 0.25) is 0 Å². The van der Waals surface area contributed by atoms with E-state index in [1.54, 1.807) is 13.2 Å². The van der Waals surface area contributed by atoms with Crippen molar-refractivity contribution in [1.82, 2.24) is 15.2 Å². The molecule has 3 heterocycles. The van der Waals surface area contributed by atoms with Crippen LogP contribution in [0.1, 0.15) is 53.1 Å². The van der Waals surface area contributed by atoms with Gasteiger partial charge >= 0.3 is 0 Å². The highest BCUT2D eigenvalue weighted by atomic mass is 16.5. The number of likely N-dealkylation sites (N-methyl/N-ethyl adjacent to an activating group) is 1. The van der Waals surface area contributed by atoms with E-state index >= 15 is 0 Å². The van der Waals surface area contributed by atoms with Crippen molar-refractivity contribution in [3.8, 4) is 22.6 Å². The average molecular weight is 693 g/mol. The van der Waals surface area contributed by atoms with Gasteiger partial charge in [-0.05, 0) is 66.8 Å². The van der Waals surface area contributed by atoms with Crippen molar-refractivity contribution in [3.05, 3.63) is 89.7 Å². The van der Waals surface area contributed by atoms with E-state index in [-0.39, 0.29) is 35.6 Å². The van der Waals surface area contributed by atoms with Crippen LogP contribution in [0.25, 0.3) is 11.1 Å². The molecule has 4 aromatic rings. The Balaban J connectivity index is 1.02. The van der Waals surface area contributed by atoms with Gasteiger partial charge in [0, 0.05) is 69.4 Å². The van der Waals surface area contributed by atoms with Crippen LogP contribution in [0.15, 0.2) is 72.9 Å². The van der Waals surface area contributed by atoms with Crippen LogP contribution in [0.3, 0.4) is 0 Å². The molecule has 51 heavy (non-hydrogen) atoms. The lowest BCUT2D eigenvalue weighted by Gasteiger charge is -2.25. The number of carbonyl (C=O) groups is 3. The molecule has 3 amide bonds. The number of methoxy groups -OCH3 is 1. The van der Waals surface area contributed by atoms with Crippen LogP contribution in [0, 0.1) is 5.41 Å². The van der Waals surface area contributed by atoms with Crippen molar-refractivity contribution < 1.29 is 23.9 Å². The summed E-state index contributed by atoms with van der Waals surface area (Å²) >= 11 is 0. The SMILES string of the molecule is CNCC(C)(C)CNC(=O)c1cc(-c2ccc(NC(=O)CCCOc3cc4c(cc3OC)C(=O)N3c5ccccc5C[C@H]3CN4C)cc2)cn1C. The molecule has 2 aliphatic rings. The molecule has 0 unspecified atom stereocenters. The molecule has 0 fully saturated rings. The highest BCUT2D eigenvalue weighted by Crippen LogP contribution is 2.42. The summed E-state index contributed by atoms with van der Waals surface area (Å²) in [5.41, 5.74) is 6.59. The fourth-order valence-electron chi connectivity index (χ4n) is 7.02. The quantitative estimate of drug-likeness (QED) is 0.159. The number of nitrogens with one attached hydrogen (secondary N) is 3. The third-order valence-corrected chi connectivity index (χ3v) is 9.63. The van der Waals surface area contributed by atoms with Gasteiger partial charge in [-0.2, -0.15) is 0 Å². The lowest BCUT2D eigenvalue weighted by atomic mass is 9.93. The Morgan fingerprint density at radius 1 is 0.941 bits per heavy atom. The van der Waals surface area contributed by atoms with Crippen molar-refractivity contribution in [2.45, 2.75) is 39.2 Å². The molecule has 1 aromatic heterocycles. The Labute approximate surface area is 299 Å². The zero-order chi connectivity index (χ0) is 36.3. The first kappa shape index (κ1) is 35.5. The number of hydrogen-bond donors (Lipinski definition) is 3. The zero-order valence-corrected chi connectivity index (χ0v) is 30.3. The van der Waals surface area contributed by atoms with E-state index in [0.717, 1.165) is 35.5 Å². The van der Waals surface area contributed by atoms with E-state index in [4.69, 9.17) is 9.47 Å². The van der Waals surface area contributed by atoms with Gasteiger partial charge in [-0.25, -0.2) is 0 Å². The van der Waals surface area contributed by atoms with Crippen molar-refractivity contribution in [2.24, 2.45) is 12.5 Å². The van der Waals surface area contributed by atoms with Crippen molar-refractivity contribution >= 4 is 34.8 Å². The zero-order valence-electron chi connectivity index (χ0n) is 30.3. The number of nitrogens with zero attached hydrogens (tertiary/aromatic N) is 3. The molecule has 2 aliphatic heterocycles. The largest absolute Gasteiger partial charge is 0.493 e. The first-order valence-corrected chi connectivity index (χ1v) is 17.4. The highest BCUT2D eigenvalue weighted by Gasteiger charge is 2.39. The third kappa shape index (κ3) is 7.73. The second-order valence-corrected chi connectivity index (χ2v) is 14.2. The second-order valence-electron chi connectivity index (χ2n) is 14.2. The summed E-state index contributed by atoms with van der Waals surface area (Å²) in [7, 11) is 7.32. The number of aryl methyl sites for hydroxylation is 1. The lowest BCUT2D eigenvalue weighted by Crippen LogP contribution is -2.41. The molecular weight excluding hydrogens is 644 g/mol. The summed E-state index contributed by atoms with van der Waals surface area (Å²) in [5.74, 6) is 0.733. The summed E-state index contributed by atoms with van der Waals surface area (Å²) < 4.78 is 13.6. The maximum atomic E-state index is 13.8. The number of aromatic nitrogens is 1. The number of para-hydroxylation sites is 1. The van der Waals surface area contributed by atoms with Crippen molar-refractivity contribution in [3.63, 3.8) is 0 Å². The Morgan fingerprint density at radius 3 is 2.45 bits per heavy atom. The fourth-order valence-corrected chi connectivity index (χ4v) is 7.02.